The van der Waals surface area contributed by atoms with Crippen LogP contribution in [-0.2, 0) is 9.59 Å². The van der Waals surface area contributed by atoms with E-state index < -0.39 is 0 Å². The van der Waals surface area contributed by atoms with Gasteiger partial charge in [0, 0.05) is 16.7 Å². The van der Waals surface area contributed by atoms with Gasteiger partial charge in [-0.3, -0.25) is 15.3 Å². The van der Waals surface area contributed by atoms with Crippen LogP contribution in [0.2, 0.25) is 6.82 Å². The fraction of sp³-hybridized carbons (Fsp3) is 0.0333. The number of nitrogens with zero attached hydrogens (tertiary/aromatic N) is 5. The summed E-state index contributed by atoms with van der Waals surface area (Å²) in [4.78, 5) is 27.3. The Kier molecular flexibility index (Phi) is 11.6. The minimum atomic E-state index is 0.506. The lowest BCUT2D eigenvalue weighted by molar-refractivity contribution is 0.564. The monoisotopic (exact) mass is 558 g/mol. The first-order valence-corrected chi connectivity index (χ1v) is 12.5. The lowest BCUT2D eigenvalue weighted by Gasteiger charge is -1.96. The lowest BCUT2D eigenvalue weighted by Crippen LogP contribution is -1.85. The van der Waals surface area contributed by atoms with Gasteiger partial charge < -0.3 is 5.73 Å². The Morgan fingerprint density at radius 2 is 0.976 bits per heavy atom. The number of isocyanates is 2. The van der Waals surface area contributed by atoms with Crippen LogP contribution in [0.3, 0.4) is 0 Å². The zero-order valence-corrected chi connectivity index (χ0v) is 22.6. The Labute approximate surface area is 244 Å². The van der Waals surface area contributed by atoms with Crippen molar-refractivity contribution < 1.29 is 9.59 Å². The molecule has 42 heavy (non-hydrogen) atoms. The van der Waals surface area contributed by atoms with E-state index in [1.165, 1.54) is 32.4 Å². The molecule has 207 valence electrons. The molecule has 0 unspecified atom stereocenters. The maximum absolute atomic E-state index is 10.1. The van der Waals surface area contributed by atoms with E-state index in [4.69, 9.17) is 7.07 Å². The number of nitrogen functional groups attached to an aromatic ring is 1. The molecule has 6 rings (SSSR count). The van der Waals surface area contributed by atoms with Gasteiger partial charge in [-0.1, -0.05) is 97.8 Å². The summed E-state index contributed by atoms with van der Waals surface area (Å²) in [6, 6.07) is 29.0. The lowest BCUT2D eigenvalue weighted by atomic mass is 10.1. The number of benzene rings is 3. The number of nitrogens with two attached hydrogens (primary N) is 1. The third-order valence-corrected chi connectivity index (χ3v) is 5.43. The molecule has 0 fully saturated rings. The molecule has 1 radical (unpaired) electrons. The Morgan fingerprint density at radius 1 is 0.643 bits per heavy atom. The van der Waals surface area contributed by atoms with Gasteiger partial charge in [-0.25, -0.2) is 9.59 Å². The minimum absolute atomic E-state index is 0.506. The summed E-state index contributed by atoms with van der Waals surface area (Å²) in [5.41, 5.74) is 12.7. The number of aromatic amines is 3. The number of carbonyl (C=O) groups excluding carboxylic acids is 2. The second kappa shape index (κ2) is 16.8. The molecule has 12 heteroatoms. The summed E-state index contributed by atoms with van der Waals surface area (Å²) >= 11 is 0. The second-order valence-electron chi connectivity index (χ2n) is 7.97. The molecule has 6 aromatic rings. The van der Waals surface area contributed by atoms with E-state index in [9.17, 15) is 9.59 Å². The van der Waals surface area contributed by atoms with Crippen molar-refractivity contribution in [3.05, 3.63) is 110 Å². The van der Waals surface area contributed by atoms with Crippen molar-refractivity contribution in [1.82, 2.24) is 30.6 Å². The van der Waals surface area contributed by atoms with E-state index in [1.54, 1.807) is 13.0 Å². The summed E-state index contributed by atoms with van der Waals surface area (Å²) in [5, 5.41) is 19.9. The van der Waals surface area contributed by atoms with Gasteiger partial charge in [0.15, 0.2) is 0 Å². The molecule has 5 N–H and O–H groups in total. The molecule has 0 atom stereocenters. The fourth-order valence-corrected chi connectivity index (χ4v) is 3.59. The quantitative estimate of drug-likeness (QED) is 0.120. The van der Waals surface area contributed by atoms with Crippen molar-refractivity contribution in [2.75, 3.05) is 5.73 Å². The van der Waals surface area contributed by atoms with Gasteiger partial charge in [0.2, 0.25) is 12.2 Å². The molecule has 0 aliphatic carbocycles. The molecule has 11 nitrogen and oxygen atoms in total. The van der Waals surface area contributed by atoms with E-state index in [0.717, 1.165) is 33.8 Å². The standard InChI is InChI=1S/2C10H7N3O.C9H9N3.CH4B/c2*14-7-11-9-6-12-13-10(9)8-4-2-1-3-5-8;10-8-6-11-12-9(8)7-4-2-1-3-5-7;1-2/h2*1-6H,(H,12,13);1-6H,10H2,(H,11,12);2H,1H3/i;;;2T. The SMILES string of the molecule is Nc1cn[nH]c1-c1ccccc1.O=C=Nc1cn[nH]c1-c1ccccc1.O=C=Nc1cn[nH]c1-c1ccccc1.[3H][B]C. The van der Waals surface area contributed by atoms with Gasteiger partial charge in [-0.05, 0) is 1.34 Å². The first-order valence-electron chi connectivity index (χ1n) is 13.0. The van der Waals surface area contributed by atoms with Gasteiger partial charge in [-0.2, -0.15) is 25.3 Å². The third-order valence-electron chi connectivity index (χ3n) is 5.43. The van der Waals surface area contributed by atoms with Crippen LogP contribution in [0.15, 0.2) is 120 Å². The Bertz CT molecular complexity index is 1650. The van der Waals surface area contributed by atoms with Gasteiger partial charge in [0.1, 0.15) is 11.4 Å². The van der Waals surface area contributed by atoms with E-state index in [0.29, 0.717) is 17.1 Å². The number of H-pyrrole nitrogens is 3. The second-order valence-corrected chi connectivity index (χ2v) is 7.97. The van der Waals surface area contributed by atoms with Crippen LogP contribution in [0.25, 0.3) is 33.8 Å². The molecule has 0 aliphatic heterocycles. The number of nitrogens with one attached hydrogen (secondary N) is 3. The Morgan fingerprint density at radius 3 is 1.31 bits per heavy atom. The zero-order chi connectivity index (χ0) is 30.7. The maximum Gasteiger partial charge on any atom is 0.240 e. The summed E-state index contributed by atoms with van der Waals surface area (Å²) in [7, 11) is 1.25. The van der Waals surface area contributed by atoms with Crippen LogP contribution >= 0.6 is 0 Å². The molecule has 0 amide bonds. The largest absolute Gasteiger partial charge is 0.396 e. The summed E-state index contributed by atoms with van der Waals surface area (Å²) in [6.07, 6.45) is 7.59. The van der Waals surface area contributed by atoms with Crippen LogP contribution in [0.5, 0.6) is 0 Å². The molecular formula is C30H27BN9O2. The first-order chi connectivity index (χ1) is 21.1. The van der Waals surface area contributed by atoms with Gasteiger partial charge >= 0.3 is 0 Å². The highest BCUT2D eigenvalue weighted by Gasteiger charge is 2.06. The fourth-order valence-electron chi connectivity index (χ4n) is 3.59. The number of hydrogen-bond donors (Lipinski definition) is 4. The normalized spacial score (nSPS) is 9.50. The Balaban J connectivity index is 0.000000169. The van der Waals surface area contributed by atoms with Crippen LogP contribution < -0.4 is 5.73 Å². The van der Waals surface area contributed by atoms with Crippen LogP contribution in [-0.4, -0.2) is 51.9 Å². The molecule has 3 aromatic carbocycles. The van der Waals surface area contributed by atoms with Crippen LogP contribution in [0.4, 0.5) is 17.1 Å². The minimum Gasteiger partial charge on any atom is -0.396 e. The molecular weight excluding hydrogens is 529 g/mol. The maximum atomic E-state index is 10.1. The molecule has 3 heterocycles. The average Bonchev–Trinajstić information content (AvgIpc) is 3.82. The summed E-state index contributed by atoms with van der Waals surface area (Å²) in [6.45, 7) is 1.67. The predicted molar refractivity (Wildman–Crippen MR) is 165 cm³/mol. The van der Waals surface area contributed by atoms with Crippen LogP contribution in [0, 0.1) is 0 Å². The Hall–Kier alpha value is -6.09. The predicted octanol–water partition coefficient (Wildman–Crippen LogP) is 5.68. The number of rotatable bonds is 5. The highest BCUT2D eigenvalue weighted by molar-refractivity contribution is 6.05. The highest BCUT2D eigenvalue weighted by atomic mass is 16.1. The number of anilines is 1. The van der Waals surface area contributed by atoms with E-state index in [1.807, 2.05) is 91.0 Å². The molecule has 0 saturated heterocycles. The van der Waals surface area contributed by atoms with E-state index in [2.05, 4.69) is 40.6 Å². The van der Waals surface area contributed by atoms with Crippen molar-refractivity contribution in [2.24, 2.45) is 9.98 Å². The van der Waals surface area contributed by atoms with Crippen molar-refractivity contribution >= 4 is 37.0 Å². The van der Waals surface area contributed by atoms with Gasteiger partial charge in [0.25, 0.3) is 0 Å². The smallest absolute Gasteiger partial charge is 0.240 e. The highest BCUT2D eigenvalue weighted by Crippen LogP contribution is 2.27. The number of aromatic nitrogens is 6. The molecule has 0 bridgehead atoms. The van der Waals surface area contributed by atoms with E-state index in [-0.39, 0.29) is 0 Å². The molecule has 0 spiro atoms. The number of aliphatic imine (C=N–C) groups is 2. The van der Waals surface area contributed by atoms with Gasteiger partial charge in [-0.15, -0.1) is 0 Å². The third kappa shape index (κ3) is 8.46. The first kappa shape index (κ1) is 28.9. The van der Waals surface area contributed by atoms with Crippen molar-refractivity contribution in [3.63, 3.8) is 0 Å². The molecule has 3 aromatic heterocycles. The summed E-state index contributed by atoms with van der Waals surface area (Å²) < 4.78 is 6.08. The van der Waals surface area contributed by atoms with Crippen molar-refractivity contribution in [3.8, 4) is 33.8 Å². The van der Waals surface area contributed by atoms with E-state index >= 15 is 0 Å². The molecule has 0 saturated carbocycles. The topological polar surface area (TPSA) is 171 Å². The van der Waals surface area contributed by atoms with Crippen molar-refractivity contribution in [2.45, 2.75) is 6.82 Å². The summed E-state index contributed by atoms with van der Waals surface area (Å²) in [5.74, 6) is 0. The number of hydrogen-bond acceptors (Lipinski definition) is 8. The van der Waals surface area contributed by atoms with Crippen LogP contribution in [0.1, 0.15) is 0 Å². The zero-order valence-electron chi connectivity index (χ0n) is 23.6. The average molecular weight is 558 g/mol. The van der Waals surface area contributed by atoms with Crippen molar-refractivity contribution in [1.29, 1.82) is 1.34 Å². The van der Waals surface area contributed by atoms with Gasteiger partial charge in [0.05, 0.1) is 49.2 Å². The molecule has 0 aliphatic rings.